The zero-order valence-corrected chi connectivity index (χ0v) is 8.12. The van der Waals surface area contributed by atoms with E-state index in [9.17, 15) is 9.59 Å². The fourth-order valence-corrected chi connectivity index (χ4v) is 3.44. The van der Waals surface area contributed by atoms with Crippen LogP contribution in [0.15, 0.2) is 23.8 Å². The van der Waals surface area contributed by atoms with Crippen molar-refractivity contribution in [3.8, 4) is 0 Å². The van der Waals surface area contributed by atoms with Gasteiger partial charge in [0, 0.05) is 5.92 Å². The fourth-order valence-electron chi connectivity index (χ4n) is 3.44. The third-order valence-corrected chi connectivity index (χ3v) is 4.15. The molecular weight excluding hydrogens is 176 g/mol. The molecule has 0 aromatic rings. The minimum Gasteiger partial charge on any atom is -0.295 e. The van der Waals surface area contributed by atoms with Crippen molar-refractivity contribution in [3.05, 3.63) is 23.8 Å². The van der Waals surface area contributed by atoms with E-state index in [0.29, 0.717) is 5.92 Å². The molecule has 1 saturated carbocycles. The lowest BCUT2D eigenvalue weighted by atomic mass is 9.70. The molecule has 0 N–H and O–H groups in total. The van der Waals surface area contributed by atoms with Crippen molar-refractivity contribution in [2.45, 2.75) is 19.8 Å². The van der Waals surface area contributed by atoms with E-state index in [1.54, 1.807) is 12.2 Å². The number of hydrogen-bond donors (Lipinski definition) is 0. The van der Waals surface area contributed by atoms with Gasteiger partial charge >= 0.3 is 0 Å². The highest BCUT2D eigenvalue weighted by molar-refractivity contribution is 6.10. The van der Waals surface area contributed by atoms with Gasteiger partial charge in [0.05, 0.1) is 5.41 Å². The minimum absolute atomic E-state index is 0.132. The monoisotopic (exact) mass is 188 g/mol. The number of hydrogen-bond acceptors (Lipinski definition) is 2. The number of rotatable bonds is 0. The summed E-state index contributed by atoms with van der Waals surface area (Å²) in [6.45, 7) is 1.90. The van der Waals surface area contributed by atoms with Crippen LogP contribution in [-0.4, -0.2) is 11.6 Å². The Hall–Kier alpha value is -1.18. The summed E-state index contributed by atoms with van der Waals surface area (Å²) in [4.78, 5) is 23.5. The molecule has 2 heteroatoms. The van der Waals surface area contributed by atoms with E-state index in [4.69, 9.17) is 0 Å². The molecule has 0 aromatic heterocycles. The number of carbonyl (C=O) groups is 2. The summed E-state index contributed by atoms with van der Waals surface area (Å²) in [7, 11) is 0. The second-order valence-corrected chi connectivity index (χ2v) is 4.53. The summed E-state index contributed by atoms with van der Waals surface area (Å²) < 4.78 is 0. The minimum atomic E-state index is -0.433. The Balaban J connectivity index is 2.22. The molecule has 1 fully saturated rings. The first-order valence-corrected chi connectivity index (χ1v) is 5.15. The molecule has 0 amide bonds. The fraction of sp³-hybridized carbons (Fsp3) is 0.500. The number of allylic oxidation sites excluding steroid dienone is 4. The van der Waals surface area contributed by atoms with E-state index in [-0.39, 0.29) is 17.5 Å². The van der Waals surface area contributed by atoms with Crippen molar-refractivity contribution in [3.63, 3.8) is 0 Å². The predicted octanol–water partition coefficient (Wildman–Crippen LogP) is 1.67. The van der Waals surface area contributed by atoms with E-state index in [0.717, 1.165) is 18.4 Å². The average Bonchev–Trinajstić information content (AvgIpc) is 2.72. The molecule has 0 bridgehead atoms. The highest BCUT2D eigenvalue weighted by Gasteiger charge is 2.60. The van der Waals surface area contributed by atoms with Gasteiger partial charge in [0.15, 0.2) is 11.6 Å². The van der Waals surface area contributed by atoms with Gasteiger partial charge in [-0.2, -0.15) is 0 Å². The SMILES string of the molecule is CC1C(=O)C=C2CC[C@H]3C=CC(=O)[C@]213. The van der Waals surface area contributed by atoms with Gasteiger partial charge in [0.25, 0.3) is 0 Å². The number of ketones is 2. The summed E-state index contributed by atoms with van der Waals surface area (Å²) in [5.74, 6) is 0.460. The van der Waals surface area contributed by atoms with Gasteiger partial charge < -0.3 is 0 Å². The molecule has 0 saturated heterocycles. The van der Waals surface area contributed by atoms with Crippen LogP contribution in [0.25, 0.3) is 0 Å². The normalized spacial score (nSPS) is 44.2. The van der Waals surface area contributed by atoms with Crippen LogP contribution in [0.5, 0.6) is 0 Å². The molecule has 1 spiro atoms. The molecule has 0 radical (unpaired) electrons. The van der Waals surface area contributed by atoms with Crippen LogP contribution in [0, 0.1) is 17.3 Å². The van der Waals surface area contributed by atoms with Crippen LogP contribution in [0.4, 0.5) is 0 Å². The molecular formula is C12H12O2. The maximum absolute atomic E-state index is 11.9. The van der Waals surface area contributed by atoms with E-state index in [1.165, 1.54) is 0 Å². The first-order chi connectivity index (χ1) is 6.67. The van der Waals surface area contributed by atoms with E-state index < -0.39 is 5.41 Å². The largest absolute Gasteiger partial charge is 0.295 e. The summed E-state index contributed by atoms with van der Waals surface area (Å²) in [5, 5.41) is 0. The third-order valence-electron chi connectivity index (χ3n) is 4.15. The van der Waals surface area contributed by atoms with Crippen molar-refractivity contribution in [2.75, 3.05) is 0 Å². The molecule has 0 aliphatic heterocycles. The molecule has 0 aromatic carbocycles. The maximum atomic E-state index is 11.9. The smallest absolute Gasteiger partial charge is 0.166 e. The van der Waals surface area contributed by atoms with Crippen molar-refractivity contribution in [1.29, 1.82) is 0 Å². The Morgan fingerprint density at radius 1 is 1.43 bits per heavy atom. The molecule has 3 rings (SSSR count). The van der Waals surface area contributed by atoms with E-state index >= 15 is 0 Å². The van der Waals surface area contributed by atoms with Crippen LogP contribution in [0.3, 0.4) is 0 Å². The molecule has 14 heavy (non-hydrogen) atoms. The molecule has 72 valence electrons. The lowest BCUT2D eigenvalue weighted by Crippen LogP contribution is -2.36. The number of carbonyl (C=O) groups excluding carboxylic acids is 2. The lowest BCUT2D eigenvalue weighted by Gasteiger charge is -2.29. The van der Waals surface area contributed by atoms with E-state index in [2.05, 4.69) is 0 Å². The van der Waals surface area contributed by atoms with Crippen molar-refractivity contribution >= 4 is 11.6 Å². The second-order valence-electron chi connectivity index (χ2n) is 4.53. The lowest BCUT2D eigenvalue weighted by molar-refractivity contribution is -0.129. The van der Waals surface area contributed by atoms with Crippen LogP contribution < -0.4 is 0 Å². The quantitative estimate of drug-likeness (QED) is 0.579. The highest BCUT2D eigenvalue weighted by atomic mass is 16.1. The molecule has 1 unspecified atom stereocenters. The van der Waals surface area contributed by atoms with Crippen LogP contribution in [0.2, 0.25) is 0 Å². The van der Waals surface area contributed by atoms with Crippen LogP contribution in [0.1, 0.15) is 19.8 Å². The van der Waals surface area contributed by atoms with Crippen LogP contribution in [-0.2, 0) is 9.59 Å². The Kier molecular flexibility index (Phi) is 1.31. The Bertz CT molecular complexity index is 403. The van der Waals surface area contributed by atoms with Crippen LogP contribution >= 0.6 is 0 Å². The zero-order valence-electron chi connectivity index (χ0n) is 8.12. The Morgan fingerprint density at radius 2 is 2.21 bits per heavy atom. The molecule has 3 atom stereocenters. The topological polar surface area (TPSA) is 34.1 Å². The first kappa shape index (κ1) is 8.16. The third kappa shape index (κ3) is 0.626. The predicted molar refractivity (Wildman–Crippen MR) is 51.6 cm³/mol. The summed E-state index contributed by atoms with van der Waals surface area (Å²) in [6, 6.07) is 0. The van der Waals surface area contributed by atoms with Gasteiger partial charge in [0.2, 0.25) is 0 Å². The molecule has 0 heterocycles. The molecule has 3 aliphatic carbocycles. The van der Waals surface area contributed by atoms with Gasteiger partial charge in [-0.05, 0) is 30.9 Å². The van der Waals surface area contributed by atoms with Gasteiger partial charge in [0.1, 0.15) is 0 Å². The Labute approximate surface area is 82.7 Å². The summed E-state index contributed by atoms with van der Waals surface area (Å²) >= 11 is 0. The van der Waals surface area contributed by atoms with E-state index in [1.807, 2.05) is 13.0 Å². The standard InChI is InChI=1S/C12H12O2/c1-7-10(13)6-9-3-2-8-4-5-11(14)12(7,8)9/h4-8H,2-3H2,1H3/t7?,8-,12+/m0/s1. The summed E-state index contributed by atoms with van der Waals surface area (Å²) in [5.41, 5.74) is 0.659. The van der Waals surface area contributed by atoms with Crippen molar-refractivity contribution in [2.24, 2.45) is 17.3 Å². The second kappa shape index (κ2) is 2.25. The zero-order chi connectivity index (χ0) is 9.92. The van der Waals surface area contributed by atoms with Crippen molar-refractivity contribution in [1.82, 2.24) is 0 Å². The Morgan fingerprint density at radius 3 is 3.00 bits per heavy atom. The van der Waals surface area contributed by atoms with Gasteiger partial charge in [-0.3, -0.25) is 9.59 Å². The van der Waals surface area contributed by atoms with Crippen molar-refractivity contribution < 1.29 is 9.59 Å². The molecule has 3 aliphatic rings. The molecule has 2 nitrogen and oxygen atoms in total. The highest BCUT2D eigenvalue weighted by Crippen LogP contribution is 2.59. The van der Waals surface area contributed by atoms with Gasteiger partial charge in [-0.15, -0.1) is 0 Å². The van der Waals surface area contributed by atoms with Gasteiger partial charge in [-0.1, -0.05) is 18.6 Å². The average molecular weight is 188 g/mol. The first-order valence-electron chi connectivity index (χ1n) is 5.15. The van der Waals surface area contributed by atoms with Gasteiger partial charge in [-0.25, -0.2) is 0 Å². The summed E-state index contributed by atoms with van der Waals surface area (Å²) in [6.07, 6.45) is 7.35. The maximum Gasteiger partial charge on any atom is 0.166 e.